The third kappa shape index (κ3) is 7.03. The van der Waals surface area contributed by atoms with Crippen LogP contribution in [0.3, 0.4) is 0 Å². The molecule has 2 aliphatic rings. The van der Waals surface area contributed by atoms with Crippen molar-refractivity contribution >= 4 is 47.4 Å². The second-order valence-electron chi connectivity index (χ2n) is 14.7. The average molecular weight is 645 g/mol. The maximum absolute atomic E-state index is 13.9. The third-order valence-electron chi connectivity index (χ3n) is 9.61. The van der Waals surface area contributed by atoms with E-state index in [2.05, 4.69) is 89.9 Å². The van der Waals surface area contributed by atoms with Crippen molar-refractivity contribution in [2.24, 2.45) is 11.8 Å². The first kappa shape index (κ1) is 32.3. The van der Waals surface area contributed by atoms with E-state index in [0.717, 1.165) is 60.2 Å². The highest BCUT2D eigenvalue weighted by molar-refractivity contribution is 6.76. The molecule has 11 nitrogen and oxygen atoms in total. The Kier molecular flexibility index (Phi) is 9.31. The van der Waals surface area contributed by atoms with Crippen LogP contribution in [0, 0.1) is 11.8 Å². The molecule has 0 spiro atoms. The van der Waals surface area contributed by atoms with Crippen molar-refractivity contribution in [3.05, 3.63) is 48.5 Å². The van der Waals surface area contributed by atoms with Crippen LogP contribution in [-0.2, 0) is 21.1 Å². The van der Waals surface area contributed by atoms with Crippen LogP contribution >= 0.6 is 0 Å². The Hall–Kier alpha value is -3.61. The van der Waals surface area contributed by atoms with Crippen LogP contribution in [0.2, 0.25) is 25.7 Å². The van der Waals surface area contributed by atoms with Gasteiger partial charge in [0, 0.05) is 50.9 Å². The van der Waals surface area contributed by atoms with Crippen LogP contribution in [-0.4, -0.2) is 87.5 Å². The van der Waals surface area contributed by atoms with Crippen molar-refractivity contribution in [3.8, 4) is 0 Å². The second-order valence-corrected chi connectivity index (χ2v) is 20.4. The molecule has 1 N–H and O–H groups in total. The molecule has 0 saturated carbocycles. The lowest BCUT2D eigenvalue weighted by molar-refractivity contribution is -0.146. The summed E-state index contributed by atoms with van der Waals surface area (Å²) in [5, 5.41) is 14.2. The monoisotopic (exact) mass is 644 g/mol. The number of anilines is 1. The number of rotatable bonds is 8. The summed E-state index contributed by atoms with van der Waals surface area (Å²) in [5.74, 6) is -0.415. The van der Waals surface area contributed by atoms with E-state index < -0.39 is 19.9 Å². The molecule has 0 bridgehead atoms. The van der Waals surface area contributed by atoms with Gasteiger partial charge in [0.25, 0.3) is 0 Å². The Labute approximate surface area is 272 Å². The zero-order valence-electron chi connectivity index (χ0n) is 28.1. The van der Waals surface area contributed by atoms with Crippen molar-refractivity contribution < 1.29 is 14.3 Å². The number of carbonyl (C=O) groups is 2. The van der Waals surface area contributed by atoms with Gasteiger partial charge >= 0.3 is 11.8 Å². The number of hydrogen-bond donors (Lipinski definition) is 1. The molecule has 2 aliphatic heterocycles. The number of likely N-dealkylation sites (tertiary alicyclic amines) is 2. The summed E-state index contributed by atoms with van der Waals surface area (Å²) >= 11 is 0. The zero-order chi connectivity index (χ0) is 32.6. The molecule has 2 amide bonds. The number of nitrogens with zero attached hydrogens (tertiary/aromatic N) is 7. The van der Waals surface area contributed by atoms with Gasteiger partial charge in [0.05, 0.1) is 41.2 Å². The predicted octanol–water partition coefficient (Wildman–Crippen LogP) is 5.54. The molecular weight excluding hydrogens is 597 g/mol. The number of amides is 2. The summed E-state index contributed by atoms with van der Waals surface area (Å²) in [6.45, 7) is 14.9. The van der Waals surface area contributed by atoms with Crippen LogP contribution in [0.5, 0.6) is 0 Å². The Morgan fingerprint density at radius 3 is 2.65 bits per heavy atom. The molecule has 1 aromatic carbocycles. The highest BCUT2D eigenvalue weighted by atomic mass is 28.3. The Morgan fingerprint density at radius 1 is 1.04 bits per heavy atom. The van der Waals surface area contributed by atoms with E-state index in [4.69, 9.17) is 9.84 Å². The number of benzene rings is 1. The van der Waals surface area contributed by atoms with Crippen LogP contribution in [0.1, 0.15) is 50.8 Å². The summed E-state index contributed by atoms with van der Waals surface area (Å²) in [5.41, 5.74) is 3.07. The summed E-state index contributed by atoms with van der Waals surface area (Å²) < 4.78 is 9.79. The number of aromatic nitrogens is 5. The average Bonchev–Trinajstić information content (AvgIpc) is 3.62. The first-order valence-electron chi connectivity index (χ1n) is 16.6. The van der Waals surface area contributed by atoms with Crippen molar-refractivity contribution in [2.75, 3.05) is 38.6 Å². The van der Waals surface area contributed by atoms with Gasteiger partial charge in [0.1, 0.15) is 6.73 Å². The molecule has 0 radical (unpaired) electrons. The SMILES string of the molecule is C[C@H]1CC[C@H](c2ccc3cn([C@H]4CCN(C)C[C@@H]4C)nc3c2)N(C(=O)C(=O)Nc2cncc3cnn(COCC[Si](C)(C)C)c23)C1. The summed E-state index contributed by atoms with van der Waals surface area (Å²) in [6.07, 6.45) is 9.97. The largest absolute Gasteiger partial charge is 0.360 e. The standard InChI is InChI=1S/C34H48N8O3Si/c1-23-7-10-31(25-8-9-26-21-41(38-28(26)15-25)30-11-12-39(3)20-24(30)2)40(19-23)34(44)33(43)37-29-18-35-16-27-17-36-42(32(27)29)22-45-13-14-46(4,5)6/h8-9,15-18,21,23-24,30-31H,7,10-14,19-20,22H2,1-6H3,(H,37,43)/t23-,24-,30-,31+/m0/s1. The number of ether oxygens (including phenoxy) is 1. The Morgan fingerprint density at radius 2 is 1.87 bits per heavy atom. The lowest BCUT2D eigenvalue weighted by atomic mass is 9.89. The van der Waals surface area contributed by atoms with E-state index >= 15 is 0 Å². The summed E-state index contributed by atoms with van der Waals surface area (Å²) in [4.78, 5) is 35.8. The van der Waals surface area contributed by atoms with Gasteiger partial charge in [0.2, 0.25) is 0 Å². The molecule has 12 heteroatoms. The minimum Gasteiger partial charge on any atom is -0.360 e. The highest BCUT2D eigenvalue weighted by Crippen LogP contribution is 2.36. The van der Waals surface area contributed by atoms with Crippen LogP contribution in [0.25, 0.3) is 21.8 Å². The van der Waals surface area contributed by atoms with E-state index in [1.54, 1.807) is 28.2 Å². The molecule has 2 saturated heterocycles. The first-order chi connectivity index (χ1) is 22.0. The number of nitrogens with one attached hydrogen (secondary N) is 1. The normalized spacial score (nSPS) is 22.9. The lowest BCUT2D eigenvalue weighted by Crippen LogP contribution is -2.46. The molecule has 3 aromatic heterocycles. The molecule has 6 rings (SSSR count). The number of piperidine rings is 2. The molecule has 4 aromatic rings. The van der Waals surface area contributed by atoms with E-state index in [9.17, 15) is 9.59 Å². The molecular formula is C34H48N8O3Si. The Balaban J connectivity index is 1.19. The van der Waals surface area contributed by atoms with Crippen LogP contribution in [0.4, 0.5) is 5.69 Å². The van der Waals surface area contributed by atoms with Gasteiger partial charge in [0.15, 0.2) is 0 Å². The predicted molar refractivity (Wildman–Crippen MR) is 183 cm³/mol. The molecule has 46 heavy (non-hydrogen) atoms. The third-order valence-corrected chi connectivity index (χ3v) is 11.3. The van der Waals surface area contributed by atoms with E-state index in [1.165, 1.54) is 0 Å². The Bertz CT molecular complexity index is 1710. The van der Waals surface area contributed by atoms with Gasteiger partial charge in [-0.3, -0.25) is 19.3 Å². The molecule has 5 heterocycles. The van der Waals surface area contributed by atoms with Gasteiger partial charge in [-0.1, -0.05) is 45.6 Å². The molecule has 0 unspecified atom stereocenters. The summed E-state index contributed by atoms with van der Waals surface area (Å²) in [6, 6.07) is 7.52. The van der Waals surface area contributed by atoms with Gasteiger partial charge in [-0.05, 0) is 62.4 Å². The van der Waals surface area contributed by atoms with Gasteiger partial charge in [-0.25, -0.2) is 4.68 Å². The van der Waals surface area contributed by atoms with Crippen molar-refractivity contribution in [1.82, 2.24) is 34.3 Å². The van der Waals surface area contributed by atoms with Gasteiger partial charge in [-0.2, -0.15) is 10.2 Å². The molecule has 2 fully saturated rings. The molecule has 4 atom stereocenters. The summed E-state index contributed by atoms with van der Waals surface area (Å²) in [7, 11) is 0.951. The topological polar surface area (TPSA) is 110 Å². The van der Waals surface area contributed by atoms with E-state index in [-0.39, 0.29) is 12.8 Å². The number of pyridine rings is 1. The lowest BCUT2D eigenvalue weighted by Gasteiger charge is -2.38. The first-order valence-corrected chi connectivity index (χ1v) is 20.3. The minimum atomic E-state index is -1.22. The number of hydrogen-bond acceptors (Lipinski definition) is 7. The number of fused-ring (bicyclic) bond motifs is 2. The quantitative estimate of drug-likeness (QED) is 0.152. The fourth-order valence-electron chi connectivity index (χ4n) is 6.95. The zero-order valence-corrected chi connectivity index (χ0v) is 29.1. The smallest absolute Gasteiger partial charge is 0.314 e. The maximum Gasteiger partial charge on any atom is 0.314 e. The van der Waals surface area contributed by atoms with Crippen molar-refractivity contribution in [2.45, 2.75) is 77.6 Å². The van der Waals surface area contributed by atoms with Gasteiger partial charge in [-0.15, -0.1) is 0 Å². The molecule has 246 valence electrons. The van der Waals surface area contributed by atoms with Crippen LogP contribution in [0.15, 0.2) is 43.0 Å². The second kappa shape index (κ2) is 13.2. The maximum atomic E-state index is 13.9. The van der Waals surface area contributed by atoms with Gasteiger partial charge < -0.3 is 19.9 Å². The number of carbonyl (C=O) groups excluding carboxylic acids is 2. The van der Waals surface area contributed by atoms with Crippen LogP contribution < -0.4 is 5.32 Å². The fraction of sp³-hybridized carbons (Fsp3) is 0.559. The van der Waals surface area contributed by atoms with Crippen molar-refractivity contribution in [3.63, 3.8) is 0 Å². The molecule has 0 aliphatic carbocycles. The minimum absolute atomic E-state index is 0.203. The van der Waals surface area contributed by atoms with E-state index in [0.29, 0.717) is 42.2 Å². The van der Waals surface area contributed by atoms with E-state index in [1.807, 2.05) is 0 Å². The fourth-order valence-corrected chi connectivity index (χ4v) is 7.71. The highest BCUT2D eigenvalue weighted by Gasteiger charge is 2.35. The van der Waals surface area contributed by atoms with Crippen molar-refractivity contribution in [1.29, 1.82) is 0 Å².